The zero-order valence-corrected chi connectivity index (χ0v) is 33.9. The fraction of sp³-hybridized carbons (Fsp3) is 0.467. The number of amides is 4. The molecule has 58 heavy (non-hydrogen) atoms. The van der Waals surface area contributed by atoms with Crippen molar-refractivity contribution in [1.82, 2.24) is 24.7 Å². The van der Waals surface area contributed by atoms with Gasteiger partial charge >= 0.3 is 6.09 Å². The number of aryl methyl sites for hydroxylation is 1. The van der Waals surface area contributed by atoms with Crippen LogP contribution in [0.3, 0.4) is 0 Å². The van der Waals surface area contributed by atoms with Gasteiger partial charge in [0.05, 0.1) is 11.6 Å². The number of carbonyl (C=O) groups is 5. The van der Waals surface area contributed by atoms with E-state index in [4.69, 9.17) is 4.74 Å². The Morgan fingerprint density at radius 1 is 0.948 bits per heavy atom. The molecule has 0 radical (unpaired) electrons. The number of hydrogen-bond donors (Lipinski definition) is 2. The van der Waals surface area contributed by atoms with Gasteiger partial charge in [-0.3, -0.25) is 29.4 Å². The van der Waals surface area contributed by atoms with Crippen LogP contribution in [0.4, 0.5) is 16.3 Å². The number of aromatic nitrogens is 2. The first kappa shape index (κ1) is 39.3. The summed E-state index contributed by atoms with van der Waals surface area (Å²) < 4.78 is 7.46. The number of imide groups is 1. The molecule has 8 rings (SSSR count). The molecule has 0 aliphatic carbocycles. The lowest BCUT2D eigenvalue weighted by molar-refractivity contribution is -0.136. The second kappa shape index (κ2) is 16.0. The minimum Gasteiger partial charge on any atom is -0.443 e. The van der Waals surface area contributed by atoms with Crippen LogP contribution in [-0.4, -0.2) is 87.4 Å². The smallest absolute Gasteiger partial charge is 0.419 e. The van der Waals surface area contributed by atoms with Gasteiger partial charge in [-0.25, -0.2) is 14.3 Å². The first-order valence-corrected chi connectivity index (χ1v) is 20.7. The minimum atomic E-state index is -0.665. The maximum absolute atomic E-state index is 13.5. The van der Waals surface area contributed by atoms with Gasteiger partial charge in [0, 0.05) is 71.8 Å². The fourth-order valence-electron chi connectivity index (χ4n) is 9.17. The second-order valence-electron chi connectivity index (χ2n) is 17.3. The van der Waals surface area contributed by atoms with E-state index in [0.29, 0.717) is 41.3 Å². The number of hydrogen-bond acceptors (Lipinski definition) is 9. The molecule has 4 aromatic rings. The quantitative estimate of drug-likeness (QED) is 0.174. The average molecular weight is 788 g/mol. The van der Waals surface area contributed by atoms with E-state index in [0.717, 1.165) is 86.9 Å². The van der Waals surface area contributed by atoms with E-state index in [9.17, 15) is 24.0 Å². The van der Waals surface area contributed by atoms with Crippen LogP contribution in [-0.2, 0) is 27.3 Å². The molecule has 13 heteroatoms. The van der Waals surface area contributed by atoms with Crippen LogP contribution >= 0.6 is 0 Å². The maximum Gasteiger partial charge on any atom is 0.419 e. The molecule has 2 aromatic carbocycles. The van der Waals surface area contributed by atoms with E-state index in [1.807, 2.05) is 63.2 Å². The average Bonchev–Trinajstić information content (AvgIpc) is 3.89. The highest BCUT2D eigenvalue weighted by Crippen LogP contribution is 2.37. The Kier molecular flexibility index (Phi) is 10.8. The number of anilines is 2. The Bertz CT molecular complexity index is 2250. The number of nitrogens with zero attached hydrogens (tertiary/aromatic N) is 5. The molecule has 1 unspecified atom stereocenters. The Morgan fingerprint density at radius 3 is 2.43 bits per heavy atom. The molecule has 6 heterocycles. The van der Waals surface area contributed by atoms with E-state index in [2.05, 4.69) is 38.5 Å². The molecule has 13 nitrogen and oxygen atoms in total. The van der Waals surface area contributed by atoms with Crippen molar-refractivity contribution in [1.29, 1.82) is 0 Å². The molecule has 4 amide bonds. The fourth-order valence-corrected chi connectivity index (χ4v) is 9.17. The molecule has 3 fully saturated rings. The summed E-state index contributed by atoms with van der Waals surface area (Å²) in [5, 5.41) is 6.13. The van der Waals surface area contributed by atoms with Crippen LogP contribution < -0.4 is 15.5 Å². The van der Waals surface area contributed by atoms with Gasteiger partial charge in [-0.2, -0.15) is 0 Å². The summed E-state index contributed by atoms with van der Waals surface area (Å²) in [4.78, 5) is 75.2. The van der Waals surface area contributed by atoms with Gasteiger partial charge in [-0.15, -0.1) is 0 Å². The lowest BCUT2D eigenvalue weighted by Crippen LogP contribution is -2.52. The molecule has 2 N–H and O–H groups in total. The van der Waals surface area contributed by atoms with Gasteiger partial charge < -0.3 is 19.9 Å². The van der Waals surface area contributed by atoms with Gasteiger partial charge in [0.25, 0.3) is 11.8 Å². The van der Waals surface area contributed by atoms with Crippen LogP contribution in [0.15, 0.2) is 60.8 Å². The van der Waals surface area contributed by atoms with E-state index in [1.165, 1.54) is 5.56 Å². The van der Waals surface area contributed by atoms with Gasteiger partial charge in [0.1, 0.15) is 17.5 Å². The third-order valence-electron chi connectivity index (χ3n) is 12.2. The first-order valence-electron chi connectivity index (χ1n) is 20.7. The van der Waals surface area contributed by atoms with Crippen molar-refractivity contribution in [2.45, 2.75) is 103 Å². The third kappa shape index (κ3) is 8.09. The number of benzene rings is 2. The van der Waals surface area contributed by atoms with Crippen molar-refractivity contribution in [3.05, 3.63) is 88.7 Å². The highest BCUT2D eigenvalue weighted by Gasteiger charge is 2.40. The van der Waals surface area contributed by atoms with Crippen molar-refractivity contribution in [2.75, 3.05) is 36.9 Å². The predicted molar refractivity (Wildman–Crippen MR) is 221 cm³/mol. The second-order valence-corrected chi connectivity index (χ2v) is 17.3. The Hall–Kier alpha value is -5.56. The Labute approximate surface area is 339 Å². The summed E-state index contributed by atoms with van der Waals surface area (Å²) in [7, 11) is 2.07. The SMILES string of the molecule is CN1CCC[C@@H]1c1cc2cnc(NC(=O)c3ccc(CCCC4CCN(c5cccc6c5CN(C5CCC(=O)NC5=O)C6=O)CC4)cc3)cc2n1C(=O)OC(C)(C)C. The number of nitrogens with one attached hydrogen (secondary N) is 2. The molecular weight excluding hydrogens is 735 g/mol. The summed E-state index contributed by atoms with van der Waals surface area (Å²) in [5.41, 5.74) is 5.25. The Morgan fingerprint density at radius 2 is 1.72 bits per heavy atom. The predicted octanol–water partition coefficient (Wildman–Crippen LogP) is 6.84. The molecule has 2 aromatic heterocycles. The number of rotatable bonds is 9. The summed E-state index contributed by atoms with van der Waals surface area (Å²) >= 11 is 0. The summed E-state index contributed by atoms with van der Waals surface area (Å²) in [5.74, 6) is -0.116. The van der Waals surface area contributed by atoms with Gasteiger partial charge in [0.15, 0.2) is 0 Å². The molecule has 0 saturated carbocycles. The number of piperidine rings is 2. The number of fused-ring (bicyclic) bond motifs is 2. The minimum absolute atomic E-state index is 0.0855. The molecule has 304 valence electrons. The van der Waals surface area contributed by atoms with Crippen LogP contribution in [0.5, 0.6) is 0 Å². The molecule has 2 atom stereocenters. The molecular formula is C45H53N7O6. The summed E-state index contributed by atoms with van der Waals surface area (Å²) in [6, 6.07) is 16.8. The number of carbonyl (C=O) groups excluding carboxylic acids is 5. The van der Waals surface area contributed by atoms with Crippen molar-refractivity contribution >= 4 is 52.1 Å². The van der Waals surface area contributed by atoms with Gasteiger partial charge in [0.2, 0.25) is 11.8 Å². The number of ether oxygens (including phenoxy) is 1. The van der Waals surface area contributed by atoms with Crippen molar-refractivity contribution in [2.24, 2.45) is 5.92 Å². The third-order valence-corrected chi connectivity index (χ3v) is 12.2. The zero-order valence-electron chi connectivity index (χ0n) is 33.9. The van der Waals surface area contributed by atoms with Crippen molar-refractivity contribution in [3.63, 3.8) is 0 Å². The van der Waals surface area contributed by atoms with Crippen LogP contribution in [0.2, 0.25) is 0 Å². The normalized spacial score (nSPS) is 20.4. The number of likely N-dealkylation sites (tertiary alicyclic amines) is 1. The molecule has 4 aliphatic rings. The van der Waals surface area contributed by atoms with E-state index >= 15 is 0 Å². The van der Waals surface area contributed by atoms with Crippen LogP contribution in [0.1, 0.15) is 116 Å². The van der Waals surface area contributed by atoms with Gasteiger partial charge in [-0.05, 0) is 128 Å². The molecule has 4 aliphatic heterocycles. The first-order chi connectivity index (χ1) is 27.8. The standard InChI is InChI=1S/C45H53N7O6/c1-45(2,3)58-44(57)52-37-25-39(46-26-31(37)24-38(52)35-12-7-21-49(35)4)47-41(54)30-15-13-28(14-16-30)8-5-9-29-19-22-50(23-20-29)34-11-6-10-32-33(34)27-51(43(32)56)36-17-18-40(53)48-42(36)55/h6,10-11,13-16,24-26,29,35-36H,5,7-9,12,17-23,27H2,1-4H3,(H,46,47,54)(H,48,53,55)/t35-,36?/m1/s1. The van der Waals surface area contributed by atoms with Crippen molar-refractivity contribution in [3.8, 4) is 0 Å². The number of pyridine rings is 1. The van der Waals surface area contributed by atoms with Crippen LogP contribution in [0.25, 0.3) is 10.9 Å². The van der Waals surface area contributed by atoms with Gasteiger partial charge in [-0.1, -0.05) is 18.2 Å². The maximum atomic E-state index is 13.5. The van der Waals surface area contributed by atoms with E-state index in [-0.39, 0.29) is 36.1 Å². The summed E-state index contributed by atoms with van der Waals surface area (Å²) in [6.45, 7) is 8.72. The van der Waals surface area contributed by atoms with E-state index < -0.39 is 17.7 Å². The molecule has 0 bridgehead atoms. The highest BCUT2D eigenvalue weighted by molar-refractivity contribution is 6.06. The lowest BCUT2D eigenvalue weighted by Gasteiger charge is -2.35. The monoisotopic (exact) mass is 787 g/mol. The highest BCUT2D eigenvalue weighted by atomic mass is 16.6. The van der Waals surface area contributed by atoms with Crippen LogP contribution in [0, 0.1) is 5.92 Å². The van der Waals surface area contributed by atoms with Crippen molar-refractivity contribution < 1.29 is 28.7 Å². The topological polar surface area (TPSA) is 146 Å². The molecule has 0 spiro atoms. The Balaban J connectivity index is 0.840. The summed E-state index contributed by atoms with van der Waals surface area (Å²) in [6.07, 6.45) is 9.06. The molecule has 3 saturated heterocycles. The largest absolute Gasteiger partial charge is 0.443 e. The lowest BCUT2D eigenvalue weighted by atomic mass is 9.90. The zero-order chi connectivity index (χ0) is 40.7. The van der Waals surface area contributed by atoms with E-state index in [1.54, 1.807) is 21.7 Å².